The molecule has 0 radical (unpaired) electrons. The van der Waals surface area contributed by atoms with Crippen molar-refractivity contribution in [2.75, 3.05) is 16.3 Å². The molecular formula is C20H18N4O3S2. The monoisotopic (exact) mass is 426 g/mol. The van der Waals surface area contributed by atoms with E-state index < -0.39 is 10.0 Å². The van der Waals surface area contributed by atoms with E-state index in [1.165, 1.54) is 0 Å². The molecule has 2 heterocycles. The summed E-state index contributed by atoms with van der Waals surface area (Å²) < 4.78 is 27.4. The number of carbonyl (C=O) groups is 1. The number of amides is 1. The van der Waals surface area contributed by atoms with Crippen molar-refractivity contribution in [3.05, 3.63) is 71.9 Å². The van der Waals surface area contributed by atoms with Crippen LogP contribution in [0.2, 0.25) is 0 Å². The van der Waals surface area contributed by atoms with E-state index in [0.29, 0.717) is 16.9 Å². The van der Waals surface area contributed by atoms with Crippen molar-refractivity contribution in [2.45, 2.75) is 6.42 Å². The molecule has 0 fully saturated rings. The lowest BCUT2D eigenvalue weighted by atomic mass is 10.1. The normalized spacial score (nSPS) is 11.5. The van der Waals surface area contributed by atoms with E-state index in [4.69, 9.17) is 0 Å². The van der Waals surface area contributed by atoms with Gasteiger partial charge in [-0.2, -0.15) is 0 Å². The van der Waals surface area contributed by atoms with Crippen LogP contribution in [0.4, 0.5) is 11.4 Å². The van der Waals surface area contributed by atoms with Crippen molar-refractivity contribution in [1.82, 2.24) is 9.38 Å². The van der Waals surface area contributed by atoms with E-state index in [-0.39, 0.29) is 12.3 Å². The van der Waals surface area contributed by atoms with E-state index >= 15 is 0 Å². The van der Waals surface area contributed by atoms with E-state index in [1.54, 1.807) is 35.6 Å². The summed E-state index contributed by atoms with van der Waals surface area (Å²) in [6.07, 6.45) is 5.06. The van der Waals surface area contributed by atoms with E-state index in [9.17, 15) is 13.2 Å². The average Bonchev–Trinajstić information content (AvgIpc) is 3.25. The minimum atomic E-state index is -3.42. The van der Waals surface area contributed by atoms with Crippen LogP contribution in [0.5, 0.6) is 0 Å². The Morgan fingerprint density at radius 3 is 2.62 bits per heavy atom. The molecule has 29 heavy (non-hydrogen) atoms. The van der Waals surface area contributed by atoms with Crippen LogP contribution in [0.25, 0.3) is 16.2 Å². The molecule has 2 N–H and O–H groups in total. The molecule has 0 unspecified atom stereocenters. The summed E-state index contributed by atoms with van der Waals surface area (Å²) in [5.41, 5.74) is 3.50. The third-order valence-electron chi connectivity index (χ3n) is 4.22. The summed E-state index contributed by atoms with van der Waals surface area (Å²) in [5.74, 6) is -0.233. The zero-order valence-corrected chi connectivity index (χ0v) is 17.1. The lowest BCUT2D eigenvalue weighted by molar-refractivity contribution is -0.115. The van der Waals surface area contributed by atoms with Crippen molar-refractivity contribution in [3.63, 3.8) is 0 Å². The Hall–Kier alpha value is -3.17. The number of benzene rings is 2. The Morgan fingerprint density at radius 1 is 1.14 bits per heavy atom. The molecule has 7 nitrogen and oxygen atoms in total. The van der Waals surface area contributed by atoms with Crippen LogP contribution in [0.1, 0.15) is 5.56 Å². The Kier molecular flexibility index (Phi) is 5.08. The van der Waals surface area contributed by atoms with Gasteiger partial charge in [0.15, 0.2) is 4.96 Å². The van der Waals surface area contributed by atoms with E-state index in [2.05, 4.69) is 15.0 Å². The number of thiazole rings is 1. The standard InChI is InChI=1S/C20H18N4O3S2/c1-29(26,27)23-17-5-3-2-4-15(17)12-19(25)21-16-8-6-14(7-9-16)18-13-24-10-11-28-20(24)22-18/h2-11,13,23H,12H2,1H3,(H,21,25). The Morgan fingerprint density at radius 2 is 1.90 bits per heavy atom. The molecule has 2 aromatic heterocycles. The third-order valence-corrected chi connectivity index (χ3v) is 5.58. The van der Waals surface area contributed by atoms with Crippen LogP contribution in [-0.4, -0.2) is 30.0 Å². The van der Waals surface area contributed by atoms with Gasteiger partial charge in [0.25, 0.3) is 0 Å². The minimum absolute atomic E-state index is 0.0533. The fraction of sp³-hybridized carbons (Fsp3) is 0.100. The molecule has 0 aliphatic rings. The molecule has 0 aliphatic heterocycles. The van der Waals surface area contributed by atoms with Gasteiger partial charge in [0.1, 0.15) is 0 Å². The Labute approximate surface area is 172 Å². The molecule has 4 aromatic rings. The van der Waals surface area contributed by atoms with Gasteiger partial charge in [0.2, 0.25) is 15.9 Å². The average molecular weight is 427 g/mol. The molecule has 1 amide bonds. The number of hydrogen-bond acceptors (Lipinski definition) is 5. The number of fused-ring (bicyclic) bond motifs is 1. The fourth-order valence-electron chi connectivity index (χ4n) is 2.94. The topological polar surface area (TPSA) is 92.6 Å². The summed E-state index contributed by atoms with van der Waals surface area (Å²) >= 11 is 1.57. The second kappa shape index (κ2) is 7.69. The minimum Gasteiger partial charge on any atom is -0.326 e. The number of nitrogens with one attached hydrogen (secondary N) is 2. The molecule has 0 aliphatic carbocycles. The van der Waals surface area contributed by atoms with Crippen LogP contribution in [-0.2, 0) is 21.2 Å². The number of aromatic nitrogens is 2. The second-order valence-electron chi connectivity index (χ2n) is 6.55. The number of anilines is 2. The first-order chi connectivity index (χ1) is 13.9. The van der Waals surface area contributed by atoms with Crippen LogP contribution in [0.3, 0.4) is 0 Å². The Bertz CT molecular complexity index is 1250. The van der Waals surface area contributed by atoms with E-state index in [1.807, 2.05) is 46.4 Å². The molecule has 0 saturated carbocycles. The number of rotatable bonds is 6. The number of hydrogen-bond donors (Lipinski definition) is 2. The van der Waals surface area contributed by atoms with E-state index in [0.717, 1.165) is 22.5 Å². The van der Waals surface area contributed by atoms with Gasteiger partial charge in [0.05, 0.1) is 24.1 Å². The maximum atomic E-state index is 12.4. The summed E-state index contributed by atoms with van der Waals surface area (Å²) in [6, 6.07) is 14.3. The molecule has 0 spiro atoms. The van der Waals surface area contributed by atoms with Crippen molar-refractivity contribution in [1.29, 1.82) is 0 Å². The van der Waals surface area contributed by atoms with Crippen molar-refractivity contribution < 1.29 is 13.2 Å². The van der Waals surface area contributed by atoms with Gasteiger partial charge in [-0.25, -0.2) is 13.4 Å². The van der Waals surface area contributed by atoms with Gasteiger partial charge >= 0.3 is 0 Å². The number of sulfonamides is 1. The summed E-state index contributed by atoms with van der Waals surface area (Å²) in [4.78, 5) is 17.9. The number of imidazole rings is 1. The lowest BCUT2D eigenvalue weighted by Crippen LogP contribution is -2.17. The van der Waals surface area contributed by atoms with Crippen LogP contribution < -0.4 is 10.0 Å². The highest BCUT2D eigenvalue weighted by molar-refractivity contribution is 7.92. The maximum absolute atomic E-state index is 12.4. The zero-order chi connectivity index (χ0) is 20.4. The van der Waals surface area contributed by atoms with Crippen molar-refractivity contribution in [3.8, 4) is 11.3 Å². The largest absolute Gasteiger partial charge is 0.326 e. The molecule has 0 atom stereocenters. The first kappa shape index (κ1) is 19.2. The van der Waals surface area contributed by atoms with Gasteiger partial charge in [-0.15, -0.1) is 11.3 Å². The lowest BCUT2D eigenvalue weighted by Gasteiger charge is -2.11. The van der Waals surface area contributed by atoms with Gasteiger partial charge < -0.3 is 5.32 Å². The molecule has 0 bridgehead atoms. The fourth-order valence-corrected chi connectivity index (χ4v) is 4.24. The number of para-hydroxylation sites is 1. The summed E-state index contributed by atoms with van der Waals surface area (Å²) in [7, 11) is -3.42. The van der Waals surface area contributed by atoms with Gasteiger partial charge in [-0.3, -0.25) is 13.9 Å². The quantitative estimate of drug-likeness (QED) is 0.493. The molecule has 9 heteroatoms. The zero-order valence-electron chi connectivity index (χ0n) is 15.5. The first-order valence-corrected chi connectivity index (χ1v) is 11.5. The number of nitrogens with zero attached hydrogens (tertiary/aromatic N) is 2. The van der Waals surface area contributed by atoms with Crippen LogP contribution in [0, 0.1) is 0 Å². The molecule has 148 valence electrons. The highest BCUT2D eigenvalue weighted by atomic mass is 32.2. The summed E-state index contributed by atoms with van der Waals surface area (Å²) in [5, 5.41) is 4.82. The smallest absolute Gasteiger partial charge is 0.229 e. The highest BCUT2D eigenvalue weighted by Crippen LogP contribution is 2.23. The number of carbonyl (C=O) groups excluding carboxylic acids is 1. The predicted octanol–water partition coefficient (Wildman–Crippen LogP) is 3.62. The van der Waals surface area contributed by atoms with Gasteiger partial charge in [-0.05, 0) is 23.8 Å². The predicted molar refractivity (Wildman–Crippen MR) is 116 cm³/mol. The van der Waals surface area contributed by atoms with Gasteiger partial charge in [-0.1, -0.05) is 30.3 Å². The van der Waals surface area contributed by atoms with Crippen molar-refractivity contribution >= 4 is 43.6 Å². The molecular weight excluding hydrogens is 408 g/mol. The Balaban J connectivity index is 1.44. The second-order valence-corrected chi connectivity index (χ2v) is 9.17. The summed E-state index contributed by atoms with van der Waals surface area (Å²) in [6.45, 7) is 0. The molecule has 2 aromatic carbocycles. The van der Waals surface area contributed by atoms with Crippen LogP contribution >= 0.6 is 11.3 Å². The molecule has 4 rings (SSSR count). The maximum Gasteiger partial charge on any atom is 0.229 e. The molecule has 0 saturated heterocycles. The first-order valence-electron chi connectivity index (χ1n) is 8.75. The SMILES string of the molecule is CS(=O)(=O)Nc1ccccc1CC(=O)Nc1ccc(-c2cn3ccsc3n2)cc1. The highest BCUT2D eigenvalue weighted by Gasteiger charge is 2.11. The third kappa shape index (κ3) is 4.64. The van der Waals surface area contributed by atoms with Crippen molar-refractivity contribution in [2.24, 2.45) is 0 Å². The van der Waals surface area contributed by atoms with Gasteiger partial charge in [0, 0.05) is 29.0 Å². The van der Waals surface area contributed by atoms with Crippen LogP contribution in [0.15, 0.2) is 66.3 Å².